The molecule has 1 amide bonds. The molecular weight excluding hydrogens is 480 g/mol. The highest BCUT2D eigenvalue weighted by molar-refractivity contribution is 7.21. The minimum atomic E-state index is -0.507. The average molecular weight is 499 g/mol. The highest BCUT2D eigenvalue weighted by Gasteiger charge is 2.22. The molecule has 2 aromatic heterocycles. The van der Waals surface area contributed by atoms with Gasteiger partial charge in [-0.2, -0.15) is 5.10 Å². The molecule has 174 valence electrons. The zero-order valence-electron chi connectivity index (χ0n) is 18.4. The Hall–Kier alpha value is -3.76. The van der Waals surface area contributed by atoms with Gasteiger partial charge in [0.05, 0.1) is 23.6 Å². The average Bonchev–Trinajstić information content (AvgIpc) is 3.28. The van der Waals surface area contributed by atoms with E-state index in [-0.39, 0.29) is 11.6 Å². The Balaban J connectivity index is 1.49. The molecule has 0 spiro atoms. The second kappa shape index (κ2) is 9.24. The highest BCUT2D eigenvalue weighted by atomic mass is 35.5. The number of fused-ring (bicyclic) bond motifs is 1. The molecule has 11 heteroatoms. The third kappa shape index (κ3) is 4.37. The summed E-state index contributed by atoms with van der Waals surface area (Å²) >= 11 is 7.47. The largest absolute Gasteiger partial charge is 0.465 e. The standard InChI is InChI=1S/C23H19ClN4O5S/c1-12-20(28(31)32)13(2)27(26-12)11-14-4-6-15(7-5-14)22(29)25-16-8-9-17-18(10-16)34-21(19(17)24)23(30)33-3/h4-10H,11H2,1-3H3,(H,25,29). The first-order valence-electron chi connectivity index (χ1n) is 10.1. The zero-order chi connectivity index (χ0) is 24.6. The number of aryl methyl sites for hydroxylation is 1. The van der Waals surface area contributed by atoms with Crippen LogP contribution in [0.25, 0.3) is 10.1 Å². The van der Waals surface area contributed by atoms with Crippen LogP contribution >= 0.6 is 22.9 Å². The van der Waals surface area contributed by atoms with Crippen molar-refractivity contribution in [2.45, 2.75) is 20.4 Å². The minimum Gasteiger partial charge on any atom is -0.465 e. The van der Waals surface area contributed by atoms with Gasteiger partial charge in [0.2, 0.25) is 0 Å². The second-order valence-corrected chi connectivity index (χ2v) is 8.96. The van der Waals surface area contributed by atoms with Crippen LogP contribution in [0.15, 0.2) is 42.5 Å². The SMILES string of the molecule is COC(=O)c1sc2cc(NC(=O)c3ccc(Cn4nc(C)c([N+](=O)[O-])c4C)cc3)ccc2c1Cl. The van der Waals surface area contributed by atoms with Gasteiger partial charge in [-0.3, -0.25) is 19.6 Å². The van der Waals surface area contributed by atoms with Gasteiger partial charge in [0, 0.05) is 21.3 Å². The van der Waals surface area contributed by atoms with E-state index in [9.17, 15) is 19.7 Å². The molecule has 4 aromatic rings. The van der Waals surface area contributed by atoms with Crippen molar-refractivity contribution in [2.75, 3.05) is 12.4 Å². The van der Waals surface area contributed by atoms with Gasteiger partial charge in [-0.25, -0.2) is 4.79 Å². The fourth-order valence-corrected chi connectivity index (χ4v) is 5.08. The molecule has 4 rings (SSSR count). The number of carbonyl (C=O) groups is 2. The van der Waals surface area contributed by atoms with Crippen molar-refractivity contribution in [3.63, 3.8) is 0 Å². The van der Waals surface area contributed by atoms with Gasteiger partial charge in [0.15, 0.2) is 0 Å². The number of ether oxygens (including phenoxy) is 1. The Kier molecular flexibility index (Phi) is 6.36. The topological polar surface area (TPSA) is 116 Å². The lowest BCUT2D eigenvalue weighted by atomic mass is 10.1. The van der Waals surface area contributed by atoms with Gasteiger partial charge in [0.1, 0.15) is 16.3 Å². The van der Waals surface area contributed by atoms with Crippen LogP contribution in [0, 0.1) is 24.0 Å². The van der Waals surface area contributed by atoms with E-state index in [4.69, 9.17) is 16.3 Å². The van der Waals surface area contributed by atoms with E-state index in [0.717, 1.165) is 10.3 Å². The Labute approximate surface area is 203 Å². The molecule has 0 aliphatic carbocycles. The van der Waals surface area contributed by atoms with E-state index in [1.807, 2.05) is 0 Å². The molecule has 0 radical (unpaired) electrons. The number of halogens is 1. The Bertz CT molecular complexity index is 1440. The van der Waals surface area contributed by atoms with E-state index < -0.39 is 10.9 Å². The Morgan fingerprint density at radius 2 is 1.91 bits per heavy atom. The lowest BCUT2D eigenvalue weighted by molar-refractivity contribution is -0.386. The van der Waals surface area contributed by atoms with Gasteiger partial charge in [-0.1, -0.05) is 23.7 Å². The van der Waals surface area contributed by atoms with Crippen LogP contribution in [0.2, 0.25) is 5.02 Å². The number of nitrogens with one attached hydrogen (secondary N) is 1. The summed E-state index contributed by atoms with van der Waals surface area (Å²) in [5.41, 5.74) is 2.71. The lowest BCUT2D eigenvalue weighted by Gasteiger charge is -2.08. The van der Waals surface area contributed by atoms with Gasteiger partial charge < -0.3 is 10.1 Å². The molecular formula is C23H19ClN4O5S. The maximum Gasteiger partial charge on any atom is 0.349 e. The predicted octanol–water partition coefficient (Wildman–Crippen LogP) is 5.36. The monoisotopic (exact) mass is 498 g/mol. The summed E-state index contributed by atoms with van der Waals surface area (Å²) in [4.78, 5) is 35.7. The molecule has 0 fully saturated rings. The molecule has 0 saturated heterocycles. The van der Waals surface area contributed by atoms with E-state index in [1.165, 1.54) is 18.4 Å². The maximum atomic E-state index is 12.7. The number of amides is 1. The number of benzene rings is 2. The van der Waals surface area contributed by atoms with Crippen molar-refractivity contribution < 1.29 is 19.2 Å². The van der Waals surface area contributed by atoms with E-state index in [2.05, 4.69) is 10.4 Å². The quantitative estimate of drug-likeness (QED) is 0.217. The molecule has 0 atom stereocenters. The van der Waals surface area contributed by atoms with Crippen LogP contribution in [0.4, 0.5) is 11.4 Å². The Morgan fingerprint density at radius 1 is 1.21 bits per heavy atom. The molecule has 0 aliphatic heterocycles. The number of carbonyl (C=O) groups excluding carboxylic acids is 2. The summed E-state index contributed by atoms with van der Waals surface area (Å²) in [6.45, 7) is 3.61. The zero-order valence-corrected chi connectivity index (χ0v) is 20.0. The lowest BCUT2D eigenvalue weighted by Crippen LogP contribution is -2.12. The van der Waals surface area contributed by atoms with Crippen molar-refractivity contribution in [1.29, 1.82) is 0 Å². The summed E-state index contributed by atoms with van der Waals surface area (Å²) in [7, 11) is 1.29. The number of anilines is 1. The molecule has 0 bridgehead atoms. The van der Waals surface area contributed by atoms with Crippen molar-refractivity contribution >= 4 is 56.3 Å². The fourth-order valence-electron chi connectivity index (χ4n) is 3.61. The van der Waals surface area contributed by atoms with Crippen LogP contribution in [0.5, 0.6) is 0 Å². The molecule has 34 heavy (non-hydrogen) atoms. The van der Waals surface area contributed by atoms with Gasteiger partial charge in [0.25, 0.3) is 5.91 Å². The van der Waals surface area contributed by atoms with Crippen molar-refractivity contribution in [3.05, 3.63) is 85.0 Å². The normalized spacial score (nSPS) is 10.9. The minimum absolute atomic E-state index is 0.0127. The number of nitrogens with zero attached hydrogens (tertiary/aromatic N) is 3. The maximum absolute atomic E-state index is 12.7. The summed E-state index contributed by atoms with van der Waals surface area (Å²) in [6.07, 6.45) is 0. The summed E-state index contributed by atoms with van der Waals surface area (Å²) in [6, 6.07) is 12.1. The molecule has 0 unspecified atom stereocenters. The number of rotatable bonds is 6. The summed E-state index contributed by atoms with van der Waals surface area (Å²) < 4.78 is 7.08. The van der Waals surface area contributed by atoms with E-state index in [0.29, 0.717) is 44.5 Å². The first-order chi connectivity index (χ1) is 16.2. The number of hydrogen-bond donors (Lipinski definition) is 1. The smallest absolute Gasteiger partial charge is 0.349 e. The van der Waals surface area contributed by atoms with E-state index in [1.54, 1.807) is 61.0 Å². The van der Waals surface area contributed by atoms with Crippen LogP contribution < -0.4 is 5.32 Å². The van der Waals surface area contributed by atoms with Gasteiger partial charge >= 0.3 is 11.7 Å². The molecule has 2 aromatic carbocycles. The molecule has 0 aliphatic rings. The molecule has 1 N–H and O–H groups in total. The molecule has 2 heterocycles. The van der Waals surface area contributed by atoms with Crippen molar-refractivity contribution in [3.8, 4) is 0 Å². The summed E-state index contributed by atoms with van der Waals surface area (Å²) in [5, 5.41) is 19.3. The van der Waals surface area contributed by atoms with Crippen LogP contribution in [0.1, 0.15) is 37.0 Å². The summed E-state index contributed by atoms with van der Waals surface area (Å²) in [5.74, 6) is -0.810. The predicted molar refractivity (Wildman–Crippen MR) is 130 cm³/mol. The van der Waals surface area contributed by atoms with Gasteiger partial charge in [-0.15, -0.1) is 11.3 Å². The third-order valence-corrected chi connectivity index (χ3v) is 6.97. The second-order valence-electron chi connectivity index (χ2n) is 7.53. The van der Waals surface area contributed by atoms with Crippen LogP contribution in [-0.4, -0.2) is 33.7 Å². The Morgan fingerprint density at radius 3 is 2.53 bits per heavy atom. The van der Waals surface area contributed by atoms with Crippen LogP contribution in [0.3, 0.4) is 0 Å². The van der Waals surface area contributed by atoms with Crippen molar-refractivity contribution in [2.24, 2.45) is 0 Å². The van der Waals surface area contributed by atoms with Crippen molar-refractivity contribution in [1.82, 2.24) is 9.78 Å². The number of thiophene rings is 1. The number of aromatic nitrogens is 2. The molecule has 0 saturated carbocycles. The number of methoxy groups -OCH3 is 1. The molecule has 9 nitrogen and oxygen atoms in total. The van der Waals surface area contributed by atoms with Crippen LogP contribution in [-0.2, 0) is 11.3 Å². The first kappa shape index (κ1) is 23.4. The first-order valence-corrected chi connectivity index (χ1v) is 11.3. The number of hydrogen-bond acceptors (Lipinski definition) is 7. The van der Waals surface area contributed by atoms with E-state index >= 15 is 0 Å². The fraction of sp³-hybridized carbons (Fsp3) is 0.174. The van der Waals surface area contributed by atoms with Gasteiger partial charge in [-0.05, 0) is 49.7 Å². The number of nitro groups is 1. The number of esters is 1. The highest BCUT2D eigenvalue weighted by Crippen LogP contribution is 2.37. The third-order valence-electron chi connectivity index (χ3n) is 5.33.